The summed E-state index contributed by atoms with van der Waals surface area (Å²) in [6.07, 6.45) is 2.03. The summed E-state index contributed by atoms with van der Waals surface area (Å²) in [5, 5.41) is 8.35. The van der Waals surface area contributed by atoms with E-state index in [1.54, 1.807) is 0 Å². The molecule has 0 aromatic heterocycles. The van der Waals surface area contributed by atoms with Gasteiger partial charge < -0.3 is 10.8 Å². The Morgan fingerprint density at radius 2 is 2.67 bits per heavy atom. The first-order valence-corrected chi connectivity index (χ1v) is 3.91. The minimum atomic E-state index is -1.80. The Hall–Kier alpha value is -0.220. The van der Waals surface area contributed by atoms with Gasteiger partial charge in [-0.25, -0.2) is 0 Å². The van der Waals surface area contributed by atoms with Crippen LogP contribution in [0.2, 0.25) is 0 Å². The second-order valence-corrected chi connectivity index (χ2v) is 2.56. The molecule has 4 heteroatoms. The van der Waals surface area contributed by atoms with E-state index in [-0.39, 0.29) is 6.42 Å². The van der Waals surface area contributed by atoms with E-state index < -0.39 is 12.0 Å². The Morgan fingerprint density at radius 3 is 3.00 bits per heavy atom. The molecule has 0 aromatic carbocycles. The molecule has 0 aliphatic heterocycles. The van der Waals surface area contributed by atoms with Crippen molar-refractivity contribution in [3.05, 3.63) is 0 Å². The minimum absolute atomic E-state index is 0.184. The molecule has 0 bridgehead atoms. The smallest absolute Gasteiger partial charge is 0.320 e. The molecule has 3 N–H and O–H groups in total. The lowest BCUT2D eigenvalue weighted by molar-refractivity contribution is -0.138. The molecule has 0 aromatic rings. The highest BCUT2D eigenvalue weighted by Gasteiger charge is 2.08. The van der Waals surface area contributed by atoms with Crippen molar-refractivity contribution in [1.82, 2.24) is 0 Å². The van der Waals surface area contributed by atoms with Gasteiger partial charge in [0.15, 0.2) is 0 Å². The average Bonchev–Trinajstić information content (AvgIpc) is 1.84. The molecule has 0 saturated carbocycles. The number of rotatable bonds is 4. The molecule has 0 aliphatic rings. The van der Waals surface area contributed by atoms with Gasteiger partial charge in [0.2, 0.25) is 0 Å². The van der Waals surface area contributed by atoms with Crippen LogP contribution in [0.15, 0.2) is 0 Å². The summed E-state index contributed by atoms with van der Waals surface area (Å²) in [5.41, 5.74) is 5.10. The van der Waals surface area contributed by atoms with Crippen molar-refractivity contribution in [2.75, 3.05) is 12.0 Å². The molecule has 0 rings (SSSR count). The SMILES string of the molecule is [2H]C(N)(CCSC)C(=O)O. The third-order valence-electron chi connectivity index (χ3n) is 0.850. The Labute approximate surface area is 60.0 Å². The zero-order valence-electron chi connectivity index (χ0n) is 6.26. The van der Waals surface area contributed by atoms with E-state index in [0.717, 1.165) is 0 Å². The van der Waals surface area contributed by atoms with E-state index >= 15 is 0 Å². The summed E-state index contributed by atoms with van der Waals surface area (Å²) in [4.78, 5) is 10.2. The maximum Gasteiger partial charge on any atom is 0.320 e. The number of nitrogens with two attached hydrogens (primary N) is 1. The molecular formula is C5H11NO2S. The summed E-state index contributed by atoms with van der Waals surface area (Å²) < 4.78 is 7.05. The van der Waals surface area contributed by atoms with E-state index in [2.05, 4.69) is 0 Å². The number of carboxylic acid groups (broad SMARTS) is 1. The van der Waals surface area contributed by atoms with Crippen molar-refractivity contribution in [3.63, 3.8) is 0 Å². The van der Waals surface area contributed by atoms with Crippen LogP contribution in [-0.4, -0.2) is 29.1 Å². The molecule has 1 atom stereocenters. The zero-order chi connectivity index (χ0) is 8.20. The normalized spacial score (nSPS) is 18.2. The van der Waals surface area contributed by atoms with Crippen LogP contribution in [0.3, 0.4) is 0 Å². The Morgan fingerprint density at radius 1 is 2.11 bits per heavy atom. The number of thioether (sulfide) groups is 1. The third-order valence-corrected chi connectivity index (χ3v) is 1.46. The van der Waals surface area contributed by atoms with Gasteiger partial charge in [0.25, 0.3) is 0 Å². The Balaban J connectivity index is 3.75. The van der Waals surface area contributed by atoms with Crippen LogP contribution in [0.4, 0.5) is 0 Å². The topological polar surface area (TPSA) is 63.3 Å². The molecule has 0 saturated heterocycles. The number of hydrogen-bond donors (Lipinski definition) is 2. The standard InChI is InChI=1S/C5H11NO2S/c1-9-3-2-4(6)5(7)8/h4H,2-3,6H2,1H3,(H,7,8)/i4D. The van der Waals surface area contributed by atoms with Gasteiger partial charge >= 0.3 is 5.97 Å². The molecule has 0 spiro atoms. The van der Waals surface area contributed by atoms with Crippen molar-refractivity contribution < 1.29 is 11.3 Å². The van der Waals surface area contributed by atoms with Gasteiger partial charge in [0.1, 0.15) is 6.02 Å². The first-order chi connectivity index (χ1) is 4.50. The molecule has 0 heterocycles. The molecule has 9 heavy (non-hydrogen) atoms. The zero-order valence-corrected chi connectivity index (χ0v) is 6.07. The first kappa shape index (κ1) is 6.89. The second-order valence-electron chi connectivity index (χ2n) is 1.57. The van der Waals surface area contributed by atoms with Crippen LogP contribution in [-0.2, 0) is 4.79 Å². The molecule has 0 fully saturated rings. The Bertz CT molecular complexity index is 129. The van der Waals surface area contributed by atoms with Crippen LogP contribution in [0, 0.1) is 0 Å². The molecule has 0 amide bonds. The van der Waals surface area contributed by atoms with Gasteiger partial charge in [-0.2, -0.15) is 11.8 Å². The molecule has 0 aliphatic carbocycles. The molecule has 54 valence electrons. The predicted octanol–water partition coefficient (Wildman–Crippen LogP) is 0.151. The lowest BCUT2D eigenvalue weighted by atomic mass is 10.2. The summed E-state index contributed by atoms with van der Waals surface area (Å²) >= 11 is 1.48. The van der Waals surface area contributed by atoms with Gasteiger partial charge in [0, 0.05) is 0 Å². The van der Waals surface area contributed by atoms with E-state index in [9.17, 15) is 4.79 Å². The molecule has 1 unspecified atom stereocenters. The van der Waals surface area contributed by atoms with Crippen molar-refractivity contribution in [2.24, 2.45) is 5.73 Å². The highest BCUT2D eigenvalue weighted by molar-refractivity contribution is 7.98. The first-order valence-electron chi connectivity index (χ1n) is 3.02. The summed E-state index contributed by atoms with van der Waals surface area (Å²) in [6.45, 7) is 0. The number of hydrogen-bond acceptors (Lipinski definition) is 3. The highest BCUT2D eigenvalue weighted by atomic mass is 32.2. The lowest BCUT2D eigenvalue weighted by Gasteiger charge is -2.02. The van der Waals surface area contributed by atoms with E-state index in [1.165, 1.54) is 11.8 Å². The molecule has 3 nitrogen and oxygen atoms in total. The van der Waals surface area contributed by atoms with Crippen LogP contribution >= 0.6 is 11.8 Å². The van der Waals surface area contributed by atoms with E-state index in [1.807, 2.05) is 6.26 Å². The van der Waals surface area contributed by atoms with E-state index in [0.29, 0.717) is 5.75 Å². The van der Waals surface area contributed by atoms with Gasteiger partial charge in [-0.3, -0.25) is 4.79 Å². The predicted molar refractivity (Wildman–Crippen MR) is 38.6 cm³/mol. The highest BCUT2D eigenvalue weighted by Crippen LogP contribution is 1.97. The van der Waals surface area contributed by atoms with Crippen molar-refractivity contribution in [1.29, 1.82) is 0 Å². The third kappa shape index (κ3) is 4.29. The van der Waals surface area contributed by atoms with Crippen LogP contribution in [0.1, 0.15) is 7.79 Å². The summed E-state index contributed by atoms with van der Waals surface area (Å²) in [5.74, 6) is -0.659. The van der Waals surface area contributed by atoms with Crippen molar-refractivity contribution in [3.8, 4) is 0 Å². The number of carbonyl (C=O) groups is 1. The molecule has 0 radical (unpaired) electrons. The minimum Gasteiger partial charge on any atom is -0.480 e. The van der Waals surface area contributed by atoms with Gasteiger partial charge in [0.05, 0.1) is 1.37 Å². The van der Waals surface area contributed by atoms with E-state index in [4.69, 9.17) is 12.2 Å². The maximum absolute atomic E-state index is 10.2. The largest absolute Gasteiger partial charge is 0.480 e. The number of carboxylic acids is 1. The van der Waals surface area contributed by atoms with Crippen molar-refractivity contribution in [2.45, 2.75) is 12.4 Å². The summed E-state index contributed by atoms with van der Waals surface area (Å²) in [7, 11) is 0. The average molecular weight is 150 g/mol. The monoisotopic (exact) mass is 150 g/mol. The quantitative estimate of drug-likeness (QED) is 0.599. The maximum atomic E-state index is 10.2. The van der Waals surface area contributed by atoms with Gasteiger partial charge in [-0.15, -0.1) is 0 Å². The van der Waals surface area contributed by atoms with Crippen LogP contribution in [0.25, 0.3) is 0 Å². The number of aliphatic carboxylic acids is 1. The lowest BCUT2D eigenvalue weighted by Crippen LogP contribution is -2.30. The van der Waals surface area contributed by atoms with Crippen LogP contribution < -0.4 is 5.73 Å². The Kier molecular flexibility index (Phi) is 3.55. The van der Waals surface area contributed by atoms with Gasteiger partial charge in [-0.1, -0.05) is 0 Å². The van der Waals surface area contributed by atoms with Gasteiger partial charge in [-0.05, 0) is 18.4 Å². The fourth-order valence-electron chi connectivity index (χ4n) is 0.319. The summed E-state index contributed by atoms with van der Waals surface area (Å²) in [6, 6.07) is -1.80. The molecular weight excluding hydrogens is 138 g/mol. The fraction of sp³-hybridized carbons (Fsp3) is 0.800. The van der Waals surface area contributed by atoms with Crippen molar-refractivity contribution >= 4 is 17.7 Å². The van der Waals surface area contributed by atoms with Crippen LogP contribution in [0.5, 0.6) is 0 Å². The second kappa shape index (κ2) is 4.64. The fourth-order valence-corrected chi connectivity index (χ4v) is 0.743.